The fourth-order valence-corrected chi connectivity index (χ4v) is 3.24. The van der Waals surface area contributed by atoms with Gasteiger partial charge in [0.2, 0.25) is 5.91 Å². The van der Waals surface area contributed by atoms with Crippen LogP contribution in [0.25, 0.3) is 0 Å². The Morgan fingerprint density at radius 3 is 2.56 bits per heavy atom. The van der Waals surface area contributed by atoms with Crippen LogP contribution < -0.4 is 11.1 Å². The fourth-order valence-electron chi connectivity index (χ4n) is 3.24. The van der Waals surface area contributed by atoms with E-state index in [9.17, 15) is 4.79 Å². The van der Waals surface area contributed by atoms with E-state index >= 15 is 0 Å². The van der Waals surface area contributed by atoms with Crippen LogP contribution in [0, 0.1) is 0 Å². The molecule has 2 heterocycles. The second kappa shape index (κ2) is 5.15. The first kappa shape index (κ1) is 11.9. The first-order valence-corrected chi connectivity index (χ1v) is 6.42. The van der Waals surface area contributed by atoms with Gasteiger partial charge >= 0.3 is 0 Å². The van der Waals surface area contributed by atoms with E-state index in [2.05, 4.69) is 10.2 Å². The molecule has 2 rings (SSSR count). The second-order valence-electron chi connectivity index (χ2n) is 5.13. The highest BCUT2D eigenvalue weighted by Gasteiger charge is 2.36. The highest BCUT2D eigenvalue weighted by Crippen LogP contribution is 2.33. The zero-order valence-corrected chi connectivity index (χ0v) is 10.1. The maximum absolute atomic E-state index is 11.3. The number of hydrogen-bond acceptors (Lipinski definition) is 3. The minimum Gasteiger partial charge on any atom is -0.359 e. The second-order valence-corrected chi connectivity index (χ2v) is 5.13. The summed E-state index contributed by atoms with van der Waals surface area (Å²) in [5.74, 6) is 0.146. The Morgan fingerprint density at radius 1 is 1.38 bits per heavy atom. The van der Waals surface area contributed by atoms with Gasteiger partial charge in [-0.3, -0.25) is 9.69 Å². The van der Waals surface area contributed by atoms with Crippen molar-refractivity contribution in [3.63, 3.8) is 0 Å². The van der Waals surface area contributed by atoms with Crippen molar-refractivity contribution in [2.75, 3.05) is 13.6 Å². The summed E-state index contributed by atoms with van der Waals surface area (Å²) in [6.07, 6.45) is 6.71. The van der Waals surface area contributed by atoms with Crippen LogP contribution >= 0.6 is 0 Å². The van der Waals surface area contributed by atoms with Gasteiger partial charge < -0.3 is 11.1 Å². The third kappa shape index (κ3) is 2.55. The monoisotopic (exact) mass is 225 g/mol. The summed E-state index contributed by atoms with van der Waals surface area (Å²) >= 11 is 0. The van der Waals surface area contributed by atoms with Gasteiger partial charge in [0, 0.05) is 38.1 Å². The minimum absolute atomic E-state index is 0.146. The van der Waals surface area contributed by atoms with Crippen molar-refractivity contribution in [3.8, 4) is 0 Å². The van der Waals surface area contributed by atoms with Crippen molar-refractivity contribution in [3.05, 3.63) is 0 Å². The molecule has 2 atom stereocenters. The number of nitrogens with zero attached hydrogens (tertiary/aromatic N) is 1. The zero-order chi connectivity index (χ0) is 11.5. The van der Waals surface area contributed by atoms with Crippen molar-refractivity contribution in [2.24, 2.45) is 5.73 Å². The molecule has 2 bridgehead atoms. The Bertz CT molecular complexity index is 243. The molecule has 4 heteroatoms. The summed E-state index contributed by atoms with van der Waals surface area (Å²) in [6.45, 7) is 0.904. The lowest BCUT2D eigenvalue weighted by Gasteiger charge is -2.48. The van der Waals surface area contributed by atoms with Crippen LogP contribution in [0.5, 0.6) is 0 Å². The largest absolute Gasteiger partial charge is 0.359 e. The first-order valence-electron chi connectivity index (χ1n) is 6.42. The van der Waals surface area contributed by atoms with E-state index in [4.69, 9.17) is 5.73 Å². The average molecular weight is 225 g/mol. The van der Waals surface area contributed by atoms with Crippen molar-refractivity contribution >= 4 is 5.91 Å². The van der Waals surface area contributed by atoms with Gasteiger partial charge in [-0.2, -0.15) is 0 Å². The third-order valence-electron chi connectivity index (χ3n) is 4.04. The van der Waals surface area contributed by atoms with Crippen LogP contribution in [0.3, 0.4) is 0 Å². The van der Waals surface area contributed by atoms with E-state index < -0.39 is 0 Å². The maximum Gasteiger partial charge on any atom is 0.221 e. The van der Waals surface area contributed by atoms with E-state index in [1.54, 1.807) is 7.05 Å². The van der Waals surface area contributed by atoms with E-state index in [1.165, 1.54) is 19.3 Å². The van der Waals surface area contributed by atoms with Gasteiger partial charge in [0.15, 0.2) is 0 Å². The van der Waals surface area contributed by atoms with E-state index in [1.807, 2.05) is 0 Å². The molecule has 0 aromatic heterocycles. The van der Waals surface area contributed by atoms with Gasteiger partial charge in [-0.15, -0.1) is 0 Å². The molecule has 3 N–H and O–H groups in total. The lowest BCUT2D eigenvalue weighted by Crippen LogP contribution is -2.55. The number of carbonyl (C=O) groups excluding carboxylic acids is 1. The molecule has 0 aliphatic carbocycles. The molecule has 0 aromatic carbocycles. The quantitative estimate of drug-likeness (QED) is 0.734. The molecule has 0 spiro atoms. The number of hydrogen-bond donors (Lipinski definition) is 2. The summed E-state index contributed by atoms with van der Waals surface area (Å²) in [5, 5.41) is 2.69. The lowest BCUT2D eigenvalue weighted by atomic mass is 9.82. The zero-order valence-electron chi connectivity index (χ0n) is 10.1. The van der Waals surface area contributed by atoms with Gasteiger partial charge in [0.1, 0.15) is 0 Å². The molecule has 16 heavy (non-hydrogen) atoms. The summed E-state index contributed by atoms with van der Waals surface area (Å²) in [7, 11) is 1.70. The highest BCUT2D eigenvalue weighted by molar-refractivity contribution is 5.75. The molecule has 2 aliphatic rings. The van der Waals surface area contributed by atoms with Crippen LogP contribution in [-0.4, -0.2) is 42.5 Å². The molecule has 4 nitrogen and oxygen atoms in total. The topological polar surface area (TPSA) is 58.4 Å². The molecule has 0 aromatic rings. The summed E-state index contributed by atoms with van der Waals surface area (Å²) in [4.78, 5) is 13.8. The number of amides is 1. The molecule has 92 valence electrons. The average Bonchev–Trinajstić information content (AvgIpc) is 2.25. The lowest BCUT2D eigenvalue weighted by molar-refractivity contribution is -0.121. The smallest absolute Gasteiger partial charge is 0.221 e. The van der Waals surface area contributed by atoms with Crippen LogP contribution in [0.2, 0.25) is 0 Å². The molecule has 0 saturated carbocycles. The van der Waals surface area contributed by atoms with E-state index in [0.717, 1.165) is 19.4 Å². The normalized spacial score (nSPS) is 34.8. The molecule has 2 saturated heterocycles. The molecular formula is C12H23N3O. The van der Waals surface area contributed by atoms with Gasteiger partial charge in [-0.25, -0.2) is 0 Å². The van der Waals surface area contributed by atoms with Crippen molar-refractivity contribution < 1.29 is 4.79 Å². The van der Waals surface area contributed by atoms with E-state index in [-0.39, 0.29) is 5.91 Å². The Labute approximate surface area is 97.6 Å². The Morgan fingerprint density at radius 2 is 2.00 bits per heavy atom. The Hall–Kier alpha value is -0.610. The number of carbonyl (C=O) groups is 1. The number of rotatable bonds is 3. The van der Waals surface area contributed by atoms with Gasteiger partial charge in [0.25, 0.3) is 0 Å². The Balaban J connectivity index is 1.90. The van der Waals surface area contributed by atoms with Crippen LogP contribution in [0.4, 0.5) is 0 Å². The Kier molecular flexibility index (Phi) is 3.82. The van der Waals surface area contributed by atoms with Crippen molar-refractivity contribution in [1.29, 1.82) is 0 Å². The fraction of sp³-hybridized carbons (Fsp3) is 0.917. The van der Waals surface area contributed by atoms with Gasteiger partial charge in [0.05, 0.1) is 0 Å². The molecule has 0 radical (unpaired) electrons. The third-order valence-corrected chi connectivity index (χ3v) is 4.04. The van der Waals surface area contributed by atoms with E-state index in [0.29, 0.717) is 24.5 Å². The van der Waals surface area contributed by atoms with Crippen molar-refractivity contribution in [1.82, 2.24) is 10.2 Å². The van der Waals surface area contributed by atoms with Crippen molar-refractivity contribution in [2.45, 2.75) is 56.7 Å². The SMILES string of the molecule is CNC(=O)CCN1C2CCCC1CC(N)C2. The molecule has 2 aliphatic heterocycles. The summed E-state index contributed by atoms with van der Waals surface area (Å²) in [5.41, 5.74) is 6.06. The van der Waals surface area contributed by atoms with Crippen LogP contribution in [0.1, 0.15) is 38.5 Å². The predicted molar refractivity (Wildman–Crippen MR) is 64.0 cm³/mol. The predicted octanol–water partition coefficient (Wildman–Crippen LogP) is 0.467. The number of fused-ring (bicyclic) bond motifs is 2. The standard InChI is InChI=1S/C12H23N3O/c1-14-12(16)5-6-15-10-3-2-4-11(15)8-9(13)7-10/h9-11H,2-8,13H2,1H3,(H,14,16). The van der Waals surface area contributed by atoms with Gasteiger partial charge in [-0.1, -0.05) is 6.42 Å². The molecule has 2 unspecified atom stereocenters. The first-order chi connectivity index (χ1) is 7.70. The number of piperidine rings is 2. The van der Waals surface area contributed by atoms with Gasteiger partial charge in [-0.05, 0) is 25.7 Å². The molecular weight excluding hydrogens is 202 g/mol. The van der Waals surface area contributed by atoms with Crippen LogP contribution in [-0.2, 0) is 4.79 Å². The number of nitrogens with one attached hydrogen (secondary N) is 1. The number of nitrogens with two attached hydrogens (primary N) is 1. The minimum atomic E-state index is 0.146. The highest BCUT2D eigenvalue weighted by atomic mass is 16.1. The molecule has 2 fully saturated rings. The summed E-state index contributed by atoms with van der Waals surface area (Å²) < 4.78 is 0. The summed E-state index contributed by atoms with van der Waals surface area (Å²) in [6, 6.07) is 1.64. The molecule has 1 amide bonds. The van der Waals surface area contributed by atoms with Crippen LogP contribution in [0.15, 0.2) is 0 Å². The maximum atomic E-state index is 11.3.